The van der Waals surface area contributed by atoms with Crippen LogP contribution in [0.25, 0.3) is 0 Å². The molecule has 2 N–H and O–H groups in total. The summed E-state index contributed by atoms with van der Waals surface area (Å²) in [5, 5.41) is 18.8. The summed E-state index contributed by atoms with van der Waals surface area (Å²) in [6, 6.07) is 15.6. The second kappa shape index (κ2) is 6.66. The van der Waals surface area contributed by atoms with Gasteiger partial charge in [0.25, 0.3) is 0 Å². The molecule has 100 valence electrons. The molecule has 4 heteroatoms. The lowest BCUT2D eigenvalue weighted by Gasteiger charge is -2.13. The Morgan fingerprint density at radius 3 is 2.26 bits per heavy atom. The molecular formula is C15H16O4. The lowest BCUT2D eigenvalue weighted by Crippen LogP contribution is -2.18. The van der Waals surface area contributed by atoms with Crippen molar-refractivity contribution in [2.45, 2.75) is 12.7 Å². The summed E-state index contributed by atoms with van der Waals surface area (Å²) in [6.45, 7) is 0.332. The van der Waals surface area contributed by atoms with Crippen LogP contribution in [0.15, 0.2) is 54.6 Å². The molecule has 0 heterocycles. The second-order valence-electron chi connectivity index (χ2n) is 4.02. The maximum atomic E-state index is 9.68. The van der Waals surface area contributed by atoms with Crippen LogP contribution in [-0.4, -0.2) is 23.1 Å². The summed E-state index contributed by atoms with van der Waals surface area (Å²) in [4.78, 5) is 0. The van der Waals surface area contributed by atoms with E-state index in [4.69, 9.17) is 14.6 Å². The molecule has 0 fully saturated rings. The Morgan fingerprint density at radius 2 is 1.58 bits per heavy atom. The van der Waals surface area contributed by atoms with Gasteiger partial charge in [-0.05, 0) is 36.4 Å². The Hall–Kier alpha value is -2.20. The average molecular weight is 260 g/mol. The maximum Gasteiger partial charge on any atom is 0.200 e. The van der Waals surface area contributed by atoms with Gasteiger partial charge in [-0.1, -0.05) is 18.2 Å². The highest BCUT2D eigenvalue weighted by Gasteiger charge is 2.06. The third kappa shape index (κ3) is 4.52. The largest absolute Gasteiger partial charge is 0.508 e. The number of hydrogen-bond acceptors (Lipinski definition) is 4. The predicted octanol–water partition coefficient (Wildman–Crippen LogP) is 2.56. The fourth-order valence-electron chi connectivity index (χ4n) is 1.54. The fourth-order valence-corrected chi connectivity index (χ4v) is 1.54. The van der Waals surface area contributed by atoms with Gasteiger partial charge in [0, 0.05) is 6.42 Å². The van der Waals surface area contributed by atoms with Crippen LogP contribution in [-0.2, 0) is 0 Å². The minimum Gasteiger partial charge on any atom is -0.508 e. The molecule has 2 aromatic rings. The van der Waals surface area contributed by atoms with Crippen molar-refractivity contribution in [1.29, 1.82) is 0 Å². The fraction of sp³-hybridized carbons (Fsp3) is 0.200. The van der Waals surface area contributed by atoms with E-state index in [9.17, 15) is 5.11 Å². The Kier molecular flexibility index (Phi) is 4.64. The number of ether oxygens (including phenoxy) is 2. The molecular weight excluding hydrogens is 244 g/mol. The summed E-state index contributed by atoms with van der Waals surface area (Å²) in [5.41, 5.74) is 0. The molecule has 1 unspecified atom stereocenters. The molecule has 0 aliphatic carbocycles. The molecule has 0 bridgehead atoms. The van der Waals surface area contributed by atoms with Gasteiger partial charge in [0.1, 0.15) is 17.2 Å². The third-order valence-corrected chi connectivity index (χ3v) is 2.49. The zero-order chi connectivity index (χ0) is 13.5. The van der Waals surface area contributed by atoms with Crippen LogP contribution < -0.4 is 9.47 Å². The van der Waals surface area contributed by atoms with Gasteiger partial charge in [0.2, 0.25) is 6.29 Å². The molecule has 4 nitrogen and oxygen atoms in total. The number of aromatic hydroxyl groups is 1. The molecule has 2 aromatic carbocycles. The number of aliphatic hydroxyl groups excluding tert-OH is 1. The van der Waals surface area contributed by atoms with Crippen LogP contribution >= 0.6 is 0 Å². The van der Waals surface area contributed by atoms with Crippen molar-refractivity contribution < 1.29 is 19.7 Å². The van der Waals surface area contributed by atoms with Crippen molar-refractivity contribution in [3.63, 3.8) is 0 Å². The molecule has 0 radical (unpaired) electrons. The van der Waals surface area contributed by atoms with E-state index in [0.717, 1.165) is 0 Å². The summed E-state index contributed by atoms with van der Waals surface area (Å²) in [6.07, 6.45) is -0.546. The molecule has 0 aliphatic heterocycles. The van der Waals surface area contributed by atoms with Crippen molar-refractivity contribution >= 4 is 0 Å². The summed E-state index contributed by atoms with van der Waals surface area (Å²) < 4.78 is 10.7. The highest BCUT2D eigenvalue weighted by atomic mass is 16.6. The molecule has 0 amide bonds. The predicted molar refractivity (Wildman–Crippen MR) is 71.3 cm³/mol. The first-order valence-corrected chi connectivity index (χ1v) is 6.05. The highest BCUT2D eigenvalue weighted by molar-refractivity contribution is 5.30. The van der Waals surface area contributed by atoms with Crippen LogP contribution in [0.4, 0.5) is 0 Å². The van der Waals surface area contributed by atoms with E-state index in [2.05, 4.69) is 0 Å². The molecule has 0 saturated carbocycles. The number of phenolic OH excluding ortho intramolecular Hbond substituents is 1. The number of phenols is 1. The zero-order valence-corrected chi connectivity index (χ0v) is 10.4. The SMILES string of the molecule is Oc1ccc(OCCC(O)Oc2ccccc2)cc1. The zero-order valence-electron chi connectivity index (χ0n) is 10.4. The lowest BCUT2D eigenvalue weighted by atomic mass is 10.3. The van der Waals surface area contributed by atoms with Gasteiger partial charge in [0.05, 0.1) is 6.61 Å². The first-order chi connectivity index (χ1) is 9.24. The molecule has 19 heavy (non-hydrogen) atoms. The number of benzene rings is 2. The van der Waals surface area contributed by atoms with Gasteiger partial charge < -0.3 is 19.7 Å². The van der Waals surface area contributed by atoms with E-state index >= 15 is 0 Å². The maximum absolute atomic E-state index is 9.68. The average Bonchev–Trinajstić information content (AvgIpc) is 2.42. The van der Waals surface area contributed by atoms with Gasteiger partial charge in [0.15, 0.2) is 0 Å². The minimum atomic E-state index is -0.903. The molecule has 0 saturated heterocycles. The van der Waals surface area contributed by atoms with E-state index in [1.807, 2.05) is 18.2 Å². The highest BCUT2D eigenvalue weighted by Crippen LogP contribution is 2.16. The smallest absolute Gasteiger partial charge is 0.200 e. The van der Waals surface area contributed by atoms with Crippen molar-refractivity contribution in [3.8, 4) is 17.2 Å². The lowest BCUT2D eigenvalue weighted by molar-refractivity contribution is -0.0307. The van der Waals surface area contributed by atoms with Crippen molar-refractivity contribution in [2.75, 3.05) is 6.61 Å². The summed E-state index contributed by atoms with van der Waals surface area (Å²) in [5.74, 6) is 1.46. The Balaban J connectivity index is 1.72. The van der Waals surface area contributed by atoms with Gasteiger partial charge in [-0.2, -0.15) is 0 Å². The van der Waals surface area contributed by atoms with Crippen LogP contribution in [0.2, 0.25) is 0 Å². The van der Waals surface area contributed by atoms with Crippen LogP contribution in [0.3, 0.4) is 0 Å². The summed E-state index contributed by atoms with van der Waals surface area (Å²) >= 11 is 0. The Labute approximate surface area is 111 Å². The second-order valence-corrected chi connectivity index (χ2v) is 4.02. The van der Waals surface area contributed by atoms with E-state index in [1.165, 1.54) is 0 Å². The number of para-hydroxylation sites is 1. The third-order valence-electron chi connectivity index (χ3n) is 2.49. The minimum absolute atomic E-state index is 0.194. The number of aliphatic hydroxyl groups is 1. The molecule has 0 aromatic heterocycles. The van der Waals surface area contributed by atoms with Gasteiger partial charge in [-0.25, -0.2) is 0 Å². The number of hydrogen-bond donors (Lipinski definition) is 2. The van der Waals surface area contributed by atoms with E-state index in [-0.39, 0.29) is 5.75 Å². The molecule has 0 aliphatic rings. The molecule has 1 atom stereocenters. The van der Waals surface area contributed by atoms with Crippen LogP contribution in [0.1, 0.15) is 6.42 Å². The van der Waals surface area contributed by atoms with Gasteiger partial charge >= 0.3 is 0 Å². The topological polar surface area (TPSA) is 58.9 Å². The monoisotopic (exact) mass is 260 g/mol. The summed E-state index contributed by atoms with van der Waals surface area (Å²) in [7, 11) is 0. The van der Waals surface area contributed by atoms with E-state index < -0.39 is 6.29 Å². The van der Waals surface area contributed by atoms with E-state index in [0.29, 0.717) is 24.5 Å². The quantitative estimate of drug-likeness (QED) is 0.784. The van der Waals surface area contributed by atoms with Gasteiger partial charge in [-0.3, -0.25) is 0 Å². The standard InChI is InChI=1S/C15H16O4/c16-12-6-8-13(9-7-12)18-11-10-15(17)19-14-4-2-1-3-5-14/h1-9,15-17H,10-11H2. The Morgan fingerprint density at radius 1 is 0.895 bits per heavy atom. The van der Waals surface area contributed by atoms with Crippen LogP contribution in [0, 0.1) is 0 Å². The van der Waals surface area contributed by atoms with Crippen LogP contribution in [0.5, 0.6) is 17.2 Å². The van der Waals surface area contributed by atoms with Crippen molar-refractivity contribution in [1.82, 2.24) is 0 Å². The molecule has 2 rings (SSSR count). The number of rotatable bonds is 6. The normalized spacial score (nSPS) is 11.8. The first-order valence-electron chi connectivity index (χ1n) is 6.05. The van der Waals surface area contributed by atoms with Gasteiger partial charge in [-0.15, -0.1) is 0 Å². The Bertz CT molecular complexity index is 481. The van der Waals surface area contributed by atoms with Crippen molar-refractivity contribution in [3.05, 3.63) is 54.6 Å². The van der Waals surface area contributed by atoms with Crippen molar-refractivity contribution in [2.24, 2.45) is 0 Å². The van der Waals surface area contributed by atoms with E-state index in [1.54, 1.807) is 36.4 Å². The first kappa shape index (κ1) is 13.2. The molecule has 0 spiro atoms.